The zero-order valence-electron chi connectivity index (χ0n) is 17.2. The van der Waals surface area contributed by atoms with Crippen molar-refractivity contribution in [2.75, 3.05) is 36.9 Å². The molecule has 2 aromatic heterocycles. The van der Waals surface area contributed by atoms with Crippen molar-refractivity contribution in [3.63, 3.8) is 0 Å². The molecule has 1 aromatic carbocycles. The Kier molecular flexibility index (Phi) is 5.33. The van der Waals surface area contributed by atoms with Crippen LogP contribution in [-0.4, -0.2) is 63.0 Å². The van der Waals surface area contributed by atoms with Gasteiger partial charge in [-0.05, 0) is 55.7 Å². The molecule has 0 radical (unpaired) electrons. The quantitative estimate of drug-likeness (QED) is 0.653. The minimum Gasteiger partial charge on any atom is -0.382 e. The minimum absolute atomic E-state index is 0.500. The molecule has 8 heteroatoms. The molecule has 0 atom stereocenters. The monoisotopic (exact) mass is 405 g/mol. The highest BCUT2D eigenvalue weighted by Crippen LogP contribution is 2.25. The zero-order valence-corrected chi connectivity index (χ0v) is 17.2. The maximum atomic E-state index is 5.33. The van der Waals surface area contributed by atoms with E-state index in [2.05, 4.69) is 55.7 Å². The fourth-order valence-corrected chi connectivity index (χ4v) is 4.08. The number of rotatable bonds is 6. The van der Waals surface area contributed by atoms with Gasteiger partial charge in [0.15, 0.2) is 0 Å². The first-order valence-electron chi connectivity index (χ1n) is 10.5. The Morgan fingerprint density at radius 2 is 1.93 bits per heavy atom. The molecule has 156 valence electrons. The van der Waals surface area contributed by atoms with Crippen LogP contribution in [0.4, 0.5) is 17.3 Å². The van der Waals surface area contributed by atoms with Gasteiger partial charge >= 0.3 is 0 Å². The van der Waals surface area contributed by atoms with E-state index in [0.717, 1.165) is 56.2 Å². The third-order valence-electron chi connectivity index (χ3n) is 5.77. The molecule has 0 spiro atoms. The van der Waals surface area contributed by atoms with E-state index in [1.165, 1.54) is 5.56 Å². The van der Waals surface area contributed by atoms with Crippen LogP contribution < -0.4 is 10.6 Å². The van der Waals surface area contributed by atoms with Crippen LogP contribution in [0.2, 0.25) is 0 Å². The smallest absolute Gasteiger partial charge is 0.246 e. The van der Waals surface area contributed by atoms with Gasteiger partial charge < -0.3 is 15.4 Å². The molecule has 8 nitrogen and oxygen atoms in total. The number of piperidine rings is 1. The highest BCUT2D eigenvalue weighted by molar-refractivity contribution is 5.63. The van der Waals surface area contributed by atoms with E-state index < -0.39 is 0 Å². The van der Waals surface area contributed by atoms with Crippen LogP contribution in [-0.2, 0) is 4.74 Å². The number of aromatic nitrogens is 4. The highest BCUT2D eigenvalue weighted by Gasteiger charge is 2.29. The number of nitrogens with one attached hydrogen (secondary N) is 2. The number of aryl methyl sites for hydroxylation is 1. The molecule has 3 aromatic rings. The molecular weight excluding hydrogens is 378 g/mol. The van der Waals surface area contributed by atoms with Crippen LogP contribution in [0.15, 0.2) is 49.1 Å². The average Bonchev–Trinajstić information content (AvgIpc) is 3.17. The van der Waals surface area contributed by atoms with Gasteiger partial charge in [-0.2, -0.15) is 4.98 Å². The Labute approximate surface area is 176 Å². The van der Waals surface area contributed by atoms with Crippen molar-refractivity contribution in [2.45, 2.75) is 31.8 Å². The van der Waals surface area contributed by atoms with E-state index in [1.807, 2.05) is 12.1 Å². The van der Waals surface area contributed by atoms with Gasteiger partial charge in [0.1, 0.15) is 6.33 Å². The zero-order chi connectivity index (χ0) is 20.3. The molecular formula is C22H27N7O. The number of likely N-dealkylation sites (tertiary alicyclic amines) is 1. The lowest BCUT2D eigenvalue weighted by molar-refractivity contribution is -0.0705. The Morgan fingerprint density at radius 1 is 1.10 bits per heavy atom. The van der Waals surface area contributed by atoms with Crippen LogP contribution in [0.3, 0.4) is 0 Å². The van der Waals surface area contributed by atoms with Gasteiger partial charge in [0.2, 0.25) is 5.95 Å². The number of pyridine rings is 1. The topological polar surface area (TPSA) is 80.1 Å². The highest BCUT2D eigenvalue weighted by atomic mass is 16.5. The summed E-state index contributed by atoms with van der Waals surface area (Å²) in [6, 6.07) is 11.4. The lowest BCUT2D eigenvalue weighted by atomic mass is 10.0. The van der Waals surface area contributed by atoms with Crippen molar-refractivity contribution in [1.29, 1.82) is 0 Å². The largest absolute Gasteiger partial charge is 0.382 e. The fourth-order valence-electron chi connectivity index (χ4n) is 4.08. The SMILES string of the molecule is Cc1cc(Nc2ncn(-c3cccnc3)n2)cc(NC2CCN(C3COC3)CC2)c1. The predicted octanol–water partition coefficient (Wildman–Crippen LogP) is 2.99. The molecule has 30 heavy (non-hydrogen) atoms. The van der Waals surface area contributed by atoms with Crippen molar-refractivity contribution in [3.8, 4) is 5.69 Å². The minimum atomic E-state index is 0.500. The van der Waals surface area contributed by atoms with Crippen molar-refractivity contribution >= 4 is 17.3 Å². The second-order valence-corrected chi connectivity index (χ2v) is 8.08. The van der Waals surface area contributed by atoms with E-state index in [1.54, 1.807) is 23.4 Å². The number of benzene rings is 1. The number of ether oxygens (including phenoxy) is 1. The lowest BCUT2D eigenvalue weighted by Crippen LogP contribution is -2.53. The summed E-state index contributed by atoms with van der Waals surface area (Å²) in [4.78, 5) is 11.1. The van der Waals surface area contributed by atoms with E-state index in [0.29, 0.717) is 18.0 Å². The molecule has 0 aliphatic carbocycles. The molecule has 5 rings (SSSR count). The van der Waals surface area contributed by atoms with Gasteiger partial charge in [-0.3, -0.25) is 9.88 Å². The first-order valence-corrected chi connectivity index (χ1v) is 10.5. The summed E-state index contributed by atoms with van der Waals surface area (Å²) in [5, 5.41) is 11.6. The van der Waals surface area contributed by atoms with Gasteiger partial charge in [0.05, 0.1) is 31.1 Å². The second kappa shape index (κ2) is 8.41. The van der Waals surface area contributed by atoms with Gasteiger partial charge in [-0.1, -0.05) is 0 Å². The summed E-state index contributed by atoms with van der Waals surface area (Å²) in [6.07, 6.45) is 7.51. The van der Waals surface area contributed by atoms with Crippen LogP contribution in [0, 0.1) is 6.92 Å². The molecule has 2 fully saturated rings. The Hall–Kier alpha value is -2.97. The molecule has 2 aliphatic rings. The summed E-state index contributed by atoms with van der Waals surface area (Å²) in [6.45, 7) is 6.18. The van der Waals surface area contributed by atoms with Gasteiger partial charge in [-0.25, -0.2) is 4.68 Å². The fraction of sp³-hybridized carbons (Fsp3) is 0.409. The Bertz CT molecular complexity index is 978. The van der Waals surface area contributed by atoms with Crippen LogP contribution in [0.5, 0.6) is 0 Å². The van der Waals surface area contributed by atoms with E-state index in [-0.39, 0.29) is 0 Å². The van der Waals surface area contributed by atoms with Crippen LogP contribution in [0.1, 0.15) is 18.4 Å². The van der Waals surface area contributed by atoms with E-state index in [9.17, 15) is 0 Å². The van der Waals surface area contributed by atoms with Crippen LogP contribution >= 0.6 is 0 Å². The molecule has 0 unspecified atom stereocenters. The number of nitrogens with zero attached hydrogens (tertiary/aromatic N) is 5. The van der Waals surface area contributed by atoms with Gasteiger partial charge in [0.25, 0.3) is 0 Å². The summed E-state index contributed by atoms with van der Waals surface area (Å²) in [5.74, 6) is 0.562. The molecule has 0 bridgehead atoms. The molecule has 2 aliphatic heterocycles. The molecule has 2 saturated heterocycles. The van der Waals surface area contributed by atoms with E-state index >= 15 is 0 Å². The Morgan fingerprint density at radius 3 is 2.67 bits per heavy atom. The van der Waals surface area contributed by atoms with Crippen molar-refractivity contribution < 1.29 is 4.74 Å². The molecule has 0 amide bonds. The summed E-state index contributed by atoms with van der Waals surface area (Å²) in [5.41, 5.74) is 4.18. The van der Waals surface area contributed by atoms with Gasteiger partial charge in [-0.15, -0.1) is 5.10 Å². The molecule has 4 heterocycles. The van der Waals surface area contributed by atoms with Crippen molar-refractivity contribution in [1.82, 2.24) is 24.6 Å². The maximum Gasteiger partial charge on any atom is 0.246 e. The Balaban J connectivity index is 1.22. The standard InChI is InChI=1S/C22H27N7O/c1-16-9-18(25-17-4-7-28(8-5-17)21-13-30-14-21)11-19(10-16)26-22-24-15-29(27-22)20-3-2-6-23-12-20/h2-3,6,9-12,15,17,21,25H,4-5,7-8,13-14H2,1H3,(H,26,27). The van der Waals surface area contributed by atoms with Crippen molar-refractivity contribution in [3.05, 3.63) is 54.6 Å². The first kappa shape index (κ1) is 19.0. The normalized spacial score (nSPS) is 18.2. The number of hydrogen-bond donors (Lipinski definition) is 2. The summed E-state index contributed by atoms with van der Waals surface area (Å²) >= 11 is 0. The van der Waals surface area contributed by atoms with E-state index in [4.69, 9.17) is 4.74 Å². The second-order valence-electron chi connectivity index (χ2n) is 8.08. The molecule has 0 saturated carbocycles. The third-order valence-corrected chi connectivity index (χ3v) is 5.77. The van der Waals surface area contributed by atoms with Crippen molar-refractivity contribution in [2.24, 2.45) is 0 Å². The van der Waals surface area contributed by atoms with Gasteiger partial charge in [0, 0.05) is 36.7 Å². The molecule has 2 N–H and O–H groups in total. The number of hydrogen-bond acceptors (Lipinski definition) is 7. The number of anilines is 3. The average molecular weight is 406 g/mol. The summed E-state index contributed by atoms with van der Waals surface area (Å²) < 4.78 is 7.05. The maximum absolute atomic E-state index is 5.33. The third kappa shape index (κ3) is 4.29. The first-order chi connectivity index (χ1) is 14.7. The summed E-state index contributed by atoms with van der Waals surface area (Å²) in [7, 11) is 0. The van der Waals surface area contributed by atoms with Crippen LogP contribution in [0.25, 0.3) is 5.69 Å². The predicted molar refractivity (Wildman–Crippen MR) is 116 cm³/mol. The lowest BCUT2D eigenvalue weighted by Gasteiger charge is -2.41.